The zero-order valence-electron chi connectivity index (χ0n) is 5.78. The molecule has 0 aliphatic heterocycles. The third-order valence-corrected chi connectivity index (χ3v) is 6.60. The largest absolute Gasteiger partial charge is 0.370 e. The van der Waals surface area contributed by atoms with E-state index in [2.05, 4.69) is 74.7 Å². The van der Waals surface area contributed by atoms with Crippen molar-refractivity contribution in [3.63, 3.8) is 0 Å². The maximum absolute atomic E-state index is 9.48. The van der Waals surface area contributed by atoms with Crippen LogP contribution in [0.5, 0.6) is 0 Å². The molecule has 0 heterocycles. The van der Waals surface area contributed by atoms with Crippen molar-refractivity contribution in [3.05, 3.63) is 0 Å². The molecule has 1 atom stereocenters. The molecule has 62 valence electrons. The first-order valence-corrected chi connectivity index (χ1v) is 6.63. The number of aliphatic hydroxyl groups is 1. The summed E-state index contributed by atoms with van der Waals surface area (Å²) in [4.78, 5) is 0. The highest BCUT2D eigenvalue weighted by Gasteiger charge is 2.27. The molecule has 0 spiro atoms. The summed E-state index contributed by atoms with van der Waals surface area (Å²) in [6, 6.07) is 0. The molecule has 4 heteroatoms. The van der Waals surface area contributed by atoms with Gasteiger partial charge in [-0.2, -0.15) is 0 Å². The van der Waals surface area contributed by atoms with Gasteiger partial charge in [-0.05, 0) is 51.6 Å². The maximum Gasteiger partial charge on any atom is 0.178 e. The van der Waals surface area contributed by atoms with Crippen LogP contribution in [-0.2, 0) is 0 Å². The topological polar surface area (TPSA) is 20.2 Å². The molecule has 0 aliphatic rings. The molecule has 1 nitrogen and oxygen atoms in total. The Hall–Kier alpha value is 2.15. The minimum Gasteiger partial charge on any atom is -0.370 e. The molecule has 0 aromatic carbocycles. The highest BCUT2D eigenvalue weighted by atomic mass is 127. The Kier molecular flexibility index (Phi) is 6.97. The number of unbranched alkanes of at least 4 members (excludes halogenated alkanes) is 1. The predicted octanol–water partition coefficient (Wildman–Crippen LogP) is 3.50. The Morgan fingerprint density at radius 2 is 2.00 bits per heavy atom. The Labute approximate surface area is 103 Å². The molecule has 0 aliphatic carbocycles. The molecular formula is C6H11I3O. The summed E-state index contributed by atoms with van der Waals surface area (Å²) in [5, 5.41) is 9.48. The van der Waals surface area contributed by atoms with E-state index in [-0.39, 0.29) is 0 Å². The molecule has 0 bridgehead atoms. The van der Waals surface area contributed by atoms with E-state index in [0.717, 1.165) is 6.42 Å². The molecule has 0 saturated heterocycles. The van der Waals surface area contributed by atoms with Gasteiger partial charge in [0.05, 0.1) is 3.92 Å². The van der Waals surface area contributed by atoms with Crippen LogP contribution in [0.15, 0.2) is 0 Å². The molecule has 0 aromatic heterocycles. The van der Waals surface area contributed by atoms with Gasteiger partial charge in [-0.15, -0.1) is 0 Å². The SMILES string of the molecule is CCCCC(I)C(O)(I)I. The molecule has 10 heavy (non-hydrogen) atoms. The standard InChI is InChI=1S/C6H11I3O/c1-2-3-4-5(7)6(8,9)10/h5,10H,2-4H2,1H3. The molecule has 0 radical (unpaired) electrons. The minimum absolute atomic E-state index is 0.367. The quantitative estimate of drug-likeness (QED) is 0.483. The highest BCUT2D eigenvalue weighted by molar-refractivity contribution is 14.2. The lowest BCUT2D eigenvalue weighted by Crippen LogP contribution is -2.23. The van der Waals surface area contributed by atoms with Gasteiger partial charge in [-0.1, -0.05) is 42.4 Å². The third-order valence-electron chi connectivity index (χ3n) is 1.19. The summed E-state index contributed by atoms with van der Waals surface area (Å²) in [7, 11) is 0. The zero-order valence-corrected chi connectivity index (χ0v) is 12.3. The van der Waals surface area contributed by atoms with Crippen LogP contribution in [0.25, 0.3) is 0 Å². The van der Waals surface area contributed by atoms with E-state index in [4.69, 9.17) is 0 Å². The van der Waals surface area contributed by atoms with Gasteiger partial charge < -0.3 is 5.11 Å². The monoisotopic (exact) mass is 480 g/mol. The van der Waals surface area contributed by atoms with Gasteiger partial charge in [0.15, 0.2) is 1.61 Å². The van der Waals surface area contributed by atoms with Crippen molar-refractivity contribution >= 4 is 67.8 Å². The van der Waals surface area contributed by atoms with Gasteiger partial charge in [0.2, 0.25) is 0 Å². The van der Waals surface area contributed by atoms with Crippen LogP contribution in [0.1, 0.15) is 26.2 Å². The first-order valence-electron chi connectivity index (χ1n) is 3.22. The number of halogens is 3. The third kappa shape index (κ3) is 5.76. The zero-order chi connectivity index (χ0) is 8.20. The fraction of sp³-hybridized carbons (Fsp3) is 1.00. The molecule has 1 N–H and O–H groups in total. The second-order valence-corrected chi connectivity index (χ2v) is 9.05. The second kappa shape index (κ2) is 5.74. The normalized spacial score (nSPS) is 15.3. The number of hydrogen-bond acceptors (Lipinski definition) is 1. The smallest absolute Gasteiger partial charge is 0.178 e. The fourth-order valence-electron chi connectivity index (χ4n) is 0.557. The predicted molar refractivity (Wildman–Crippen MR) is 70.3 cm³/mol. The van der Waals surface area contributed by atoms with E-state index in [9.17, 15) is 5.11 Å². The maximum atomic E-state index is 9.48. The summed E-state index contributed by atoms with van der Waals surface area (Å²) in [5.74, 6) is 0. The molecule has 1 unspecified atom stereocenters. The first-order chi connectivity index (χ1) is 4.48. The van der Waals surface area contributed by atoms with E-state index in [0.29, 0.717) is 3.92 Å². The Balaban J connectivity index is 3.52. The summed E-state index contributed by atoms with van der Waals surface area (Å²) in [6.07, 6.45) is 3.53. The van der Waals surface area contributed by atoms with Crippen molar-refractivity contribution in [2.75, 3.05) is 0 Å². The average Bonchev–Trinajstić information content (AvgIpc) is 1.80. The van der Waals surface area contributed by atoms with Crippen molar-refractivity contribution in [2.24, 2.45) is 0 Å². The molecule has 0 fully saturated rings. The average molecular weight is 480 g/mol. The lowest BCUT2D eigenvalue weighted by Gasteiger charge is -2.19. The van der Waals surface area contributed by atoms with Crippen molar-refractivity contribution in [3.8, 4) is 0 Å². The van der Waals surface area contributed by atoms with E-state index in [1.165, 1.54) is 12.8 Å². The molecule has 0 amide bonds. The minimum atomic E-state index is -0.564. The van der Waals surface area contributed by atoms with Crippen molar-refractivity contribution in [1.82, 2.24) is 0 Å². The van der Waals surface area contributed by atoms with E-state index in [1.54, 1.807) is 0 Å². The summed E-state index contributed by atoms with van der Waals surface area (Å²) in [6.45, 7) is 2.17. The van der Waals surface area contributed by atoms with Crippen LogP contribution >= 0.6 is 67.8 Å². The van der Waals surface area contributed by atoms with Gasteiger partial charge in [0.25, 0.3) is 0 Å². The van der Waals surface area contributed by atoms with Crippen molar-refractivity contribution < 1.29 is 5.11 Å². The van der Waals surface area contributed by atoms with E-state index < -0.39 is 1.61 Å². The number of alkyl halides is 3. The number of rotatable bonds is 4. The summed E-state index contributed by atoms with van der Waals surface area (Å²) < 4.78 is -0.197. The molecule has 0 aromatic rings. The van der Waals surface area contributed by atoms with Crippen molar-refractivity contribution in [1.29, 1.82) is 0 Å². The fourth-order valence-corrected chi connectivity index (χ4v) is 1.62. The Morgan fingerprint density at radius 1 is 1.50 bits per heavy atom. The van der Waals surface area contributed by atoms with Crippen LogP contribution in [0.2, 0.25) is 0 Å². The lowest BCUT2D eigenvalue weighted by molar-refractivity contribution is 0.259. The Morgan fingerprint density at radius 3 is 2.30 bits per heavy atom. The lowest BCUT2D eigenvalue weighted by atomic mass is 10.2. The Bertz CT molecular complexity index is 89.5. The van der Waals surface area contributed by atoms with Gasteiger partial charge in [-0.3, -0.25) is 0 Å². The van der Waals surface area contributed by atoms with Crippen LogP contribution < -0.4 is 0 Å². The second-order valence-electron chi connectivity index (χ2n) is 2.20. The van der Waals surface area contributed by atoms with Gasteiger partial charge in [-0.25, -0.2) is 0 Å². The van der Waals surface area contributed by atoms with Crippen LogP contribution in [0.3, 0.4) is 0 Å². The molecule has 0 saturated carbocycles. The molecule has 0 rings (SSSR count). The summed E-state index contributed by atoms with van der Waals surface area (Å²) in [5.41, 5.74) is 0. The van der Waals surface area contributed by atoms with Crippen LogP contribution in [0.4, 0.5) is 0 Å². The first kappa shape index (κ1) is 12.2. The van der Waals surface area contributed by atoms with Crippen molar-refractivity contribution in [2.45, 2.75) is 31.7 Å². The summed E-state index contributed by atoms with van der Waals surface area (Å²) >= 11 is 6.46. The molecular weight excluding hydrogens is 469 g/mol. The van der Waals surface area contributed by atoms with Crippen LogP contribution in [-0.4, -0.2) is 10.6 Å². The van der Waals surface area contributed by atoms with E-state index >= 15 is 0 Å². The van der Waals surface area contributed by atoms with E-state index in [1.807, 2.05) is 0 Å². The highest BCUT2D eigenvalue weighted by Crippen LogP contribution is 2.35. The number of hydrogen-bond donors (Lipinski definition) is 1. The van der Waals surface area contributed by atoms with Gasteiger partial charge >= 0.3 is 0 Å². The van der Waals surface area contributed by atoms with Crippen LogP contribution in [0, 0.1) is 0 Å². The van der Waals surface area contributed by atoms with Gasteiger partial charge in [0.1, 0.15) is 0 Å². The van der Waals surface area contributed by atoms with Gasteiger partial charge in [0, 0.05) is 0 Å².